The predicted octanol–water partition coefficient (Wildman–Crippen LogP) is 0.829. The largest absolute Gasteiger partial charge is 0.464 e. The van der Waals surface area contributed by atoms with Gasteiger partial charge in [0.05, 0.1) is 18.6 Å². The number of esters is 1. The van der Waals surface area contributed by atoms with Gasteiger partial charge in [-0.05, 0) is 19.4 Å². The molecule has 0 aliphatic carbocycles. The van der Waals surface area contributed by atoms with Crippen molar-refractivity contribution in [1.29, 1.82) is 0 Å². The SMILES string of the molecule is CCOC(=O)[C@@H]1NC(=O)[C@@H]([C@@H](C)O)[C@H]1c1ccccc1. The number of hydrogen-bond donors (Lipinski definition) is 2. The van der Waals surface area contributed by atoms with Crippen LogP contribution in [0.1, 0.15) is 25.3 Å². The number of amides is 1. The highest BCUT2D eigenvalue weighted by molar-refractivity contribution is 5.92. The molecule has 1 aliphatic rings. The minimum Gasteiger partial charge on any atom is -0.464 e. The van der Waals surface area contributed by atoms with Gasteiger partial charge in [-0.2, -0.15) is 0 Å². The number of ether oxygens (including phenoxy) is 1. The Labute approximate surface area is 117 Å². The molecule has 2 rings (SSSR count). The Balaban J connectivity index is 2.37. The van der Waals surface area contributed by atoms with Gasteiger partial charge in [-0.3, -0.25) is 4.79 Å². The summed E-state index contributed by atoms with van der Waals surface area (Å²) in [6.45, 7) is 3.54. The zero-order valence-corrected chi connectivity index (χ0v) is 11.6. The molecule has 0 aromatic heterocycles. The van der Waals surface area contributed by atoms with E-state index in [9.17, 15) is 14.7 Å². The van der Waals surface area contributed by atoms with E-state index in [1.54, 1.807) is 13.8 Å². The smallest absolute Gasteiger partial charge is 0.329 e. The van der Waals surface area contributed by atoms with Crippen LogP contribution in [0.15, 0.2) is 30.3 Å². The molecule has 0 radical (unpaired) electrons. The van der Waals surface area contributed by atoms with Crippen molar-refractivity contribution in [1.82, 2.24) is 5.32 Å². The molecule has 1 fully saturated rings. The normalized spacial score (nSPS) is 26.9. The molecule has 0 unspecified atom stereocenters. The molecule has 5 nitrogen and oxygen atoms in total. The van der Waals surface area contributed by atoms with Crippen molar-refractivity contribution in [3.63, 3.8) is 0 Å². The maximum absolute atomic E-state index is 12.0. The molecule has 108 valence electrons. The molecular weight excluding hydrogens is 258 g/mol. The topological polar surface area (TPSA) is 75.6 Å². The third-order valence-electron chi connectivity index (χ3n) is 3.59. The van der Waals surface area contributed by atoms with E-state index < -0.39 is 30.0 Å². The number of aliphatic hydroxyl groups excluding tert-OH is 1. The van der Waals surface area contributed by atoms with Crippen LogP contribution in [-0.4, -0.2) is 35.7 Å². The number of benzene rings is 1. The fourth-order valence-corrected chi connectivity index (χ4v) is 2.74. The average molecular weight is 277 g/mol. The fourth-order valence-electron chi connectivity index (χ4n) is 2.74. The lowest BCUT2D eigenvalue weighted by atomic mass is 9.81. The molecule has 0 bridgehead atoms. The van der Waals surface area contributed by atoms with Gasteiger partial charge in [-0.15, -0.1) is 0 Å². The number of carbonyl (C=O) groups excluding carboxylic acids is 2. The Hall–Kier alpha value is -1.88. The molecule has 2 N–H and O–H groups in total. The monoisotopic (exact) mass is 277 g/mol. The van der Waals surface area contributed by atoms with Crippen molar-refractivity contribution >= 4 is 11.9 Å². The van der Waals surface area contributed by atoms with E-state index in [4.69, 9.17) is 4.74 Å². The fraction of sp³-hybridized carbons (Fsp3) is 0.467. The van der Waals surface area contributed by atoms with E-state index in [0.29, 0.717) is 0 Å². The first-order chi connectivity index (χ1) is 9.56. The third-order valence-corrected chi connectivity index (χ3v) is 3.59. The van der Waals surface area contributed by atoms with Crippen LogP contribution in [0.25, 0.3) is 0 Å². The Kier molecular flexibility index (Phi) is 4.39. The van der Waals surface area contributed by atoms with Gasteiger partial charge >= 0.3 is 5.97 Å². The number of hydrogen-bond acceptors (Lipinski definition) is 4. The lowest BCUT2D eigenvalue weighted by Gasteiger charge is -2.23. The highest BCUT2D eigenvalue weighted by atomic mass is 16.5. The van der Waals surface area contributed by atoms with Crippen molar-refractivity contribution in [2.45, 2.75) is 31.9 Å². The van der Waals surface area contributed by atoms with Gasteiger partial charge in [0, 0.05) is 5.92 Å². The van der Waals surface area contributed by atoms with Crippen molar-refractivity contribution in [2.75, 3.05) is 6.61 Å². The van der Waals surface area contributed by atoms with E-state index in [1.807, 2.05) is 30.3 Å². The number of nitrogens with one attached hydrogen (secondary N) is 1. The highest BCUT2D eigenvalue weighted by Crippen LogP contribution is 2.36. The molecule has 1 aromatic carbocycles. The number of rotatable bonds is 4. The zero-order chi connectivity index (χ0) is 14.7. The van der Waals surface area contributed by atoms with E-state index in [1.165, 1.54) is 0 Å². The average Bonchev–Trinajstić information content (AvgIpc) is 2.78. The lowest BCUT2D eigenvalue weighted by Crippen LogP contribution is -2.37. The number of carbonyl (C=O) groups is 2. The predicted molar refractivity (Wildman–Crippen MR) is 72.9 cm³/mol. The lowest BCUT2D eigenvalue weighted by molar-refractivity contribution is -0.146. The maximum Gasteiger partial charge on any atom is 0.329 e. The van der Waals surface area contributed by atoms with Crippen LogP contribution in [0.4, 0.5) is 0 Å². The van der Waals surface area contributed by atoms with Crippen molar-refractivity contribution in [3.05, 3.63) is 35.9 Å². The van der Waals surface area contributed by atoms with Gasteiger partial charge < -0.3 is 15.2 Å². The first-order valence-corrected chi connectivity index (χ1v) is 6.76. The molecule has 0 spiro atoms. The van der Waals surface area contributed by atoms with Crippen LogP contribution in [0.2, 0.25) is 0 Å². The Morgan fingerprint density at radius 1 is 1.40 bits per heavy atom. The van der Waals surface area contributed by atoms with E-state index >= 15 is 0 Å². The summed E-state index contributed by atoms with van der Waals surface area (Å²) >= 11 is 0. The quantitative estimate of drug-likeness (QED) is 0.799. The maximum atomic E-state index is 12.0. The second-order valence-corrected chi connectivity index (χ2v) is 4.94. The van der Waals surface area contributed by atoms with E-state index in [2.05, 4.69) is 5.32 Å². The van der Waals surface area contributed by atoms with Gasteiger partial charge in [0.1, 0.15) is 6.04 Å². The second kappa shape index (κ2) is 6.05. The summed E-state index contributed by atoms with van der Waals surface area (Å²) in [4.78, 5) is 24.1. The molecule has 4 atom stereocenters. The van der Waals surface area contributed by atoms with E-state index in [0.717, 1.165) is 5.56 Å². The minimum absolute atomic E-state index is 0.256. The third kappa shape index (κ3) is 2.67. The number of aliphatic hydroxyl groups is 1. The first kappa shape index (κ1) is 14.5. The summed E-state index contributed by atoms with van der Waals surface area (Å²) in [5.74, 6) is -1.83. The van der Waals surface area contributed by atoms with Crippen molar-refractivity contribution < 1.29 is 19.4 Å². The molecule has 5 heteroatoms. The van der Waals surface area contributed by atoms with Gasteiger partial charge in [-0.25, -0.2) is 4.79 Å². The Bertz CT molecular complexity index is 486. The Morgan fingerprint density at radius 2 is 2.05 bits per heavy atom. The van der Waals surface area contributed by atoms with Crippen LogP contribution in [0.5, 0.6) is 0 Å². The summed E-state index contributed by atoms with van der Waals surface area (Å²) in [6, 6.07) is 8.52. The molecule has 1 aliphatic heterocycles. The van der Waals surface area contributed by atoms with Crippen LogP contribution >= 0.6 is 0 Å². The second-order valence-electron chi connectivity index (χ2n) is 4.94. The standard InChI is InChI=1S/C15H19NO4/c1-3-20-15(19)13-12(10-7-5-4-6-8-10)11(9(2)17)14(18)16-13/h4-9,11-13,17H,3H2,1-2H3,(H,16,18)/t9-,11+,12-,13-/m1/s1. The highest BCUT2D eigenvalue weighted by Gasteiger charge is 2.49. The molecule has 1 heterocycles. The van der Waals surface area contributed by atoms with Crippen molar-refractivity contribution in [3.8, 4) is 0 Å². The summed E-state index contributed by atoms with van der Waals surface area (Å²) in [6.07, 6.45) is -0.834. The summed E-state index contributed by atoms with van der Waals surface area (Å²) < 4.78 is 5.02. The molecular formula is C15H19NO4. The minimum atomic E-state index is -0.834. The van der Waals surface area contributed by atoms with Gasteiger partial charge in [-0.1, -0.05) is 30.3 Å². The summed E-state index contributed by atoms with van der Waals surface area (Å²) in [5, 5.41) is 12.5. The zero-order valence-electron chi connectivity index (χ0n) is 11.6. The first-order valence-electron chi connectivity index (χ1n) is 6.76. The van der Waals surface area contributed by atoms with Crippen LogP contribution in [0.3, 0.4) is 0 Å². The van der Waals surface area contributed by atoms with Crippen molar-refractivity contribution in [2.24, 2.45) is 5.92 Å². The summed E-state index contributed by atoms with van der Waals surface area (Å²) in [7, 11) is 0. The van der Waals surface area contributed by atoms with Gasteiger partial charge in [0.2, 0.25) is 5.91 Å². The Morgan fingerprint density at radius 3 is 2.60 bits per heavy atom. The molecule has 1 aromatic rings. The molecule has 0 saturated carbocycles. The van der Waals surface area contributed by atoms with Crippen LogP contribution in [0, 0.1) is 5.92 Å². The summed E-state index contributed by atoms with van der Waals surface area (Å²) in [5.41, 5.74) is 0.842. The van der Waals surface area contributed by atoms with Crippen LogP contribution < -0.4 is 5.32 Å². The van der Waals surface area contributed by atoms with Gasteiger partial charge in [0.25, 0.3) is 0 Å². The molecule has 1 saturated heterocycles. The van der Waals surface area contributed by atoms with Crippen LogP contribution in [-0.2, 0) is 14.3 Å². The van der Waals surface area contributed by atoms with E-state index in [-0.39, 0.29) is 12.5 Å². The molecule has 20 heavy (non-hydrogen) atoms. The van der Waals surface area contributed by atoms with Gasteiger partial charge in [0.15, 0.2) is 0 Å². The molecule has 1 amide bonds.